The largest absolute Gasteiger partial charge is 0.444 e. The van der Waals surface area contributed by atoms with E-state index in [9.17, 15) is 24.3 Å². The maximum absolute atomic E-state index is 14.1. The summed E-state index contributed by atoms with van der Waals surface area (Å²) in [6.07, 6.45) is 0.759. The molecule has 59 heavy (non-hydrogen) atoms. The van der Waals surface area contributed by atoms with Gasteiger partial charge in [0.15, 0.2) is 0 Å². The van der Waals surface area contributed by atoms with Crippen molar-refractivity contribution in [3.63, 3.8) is 0 Å². The third-order valence-corrected chi connectivity index (χ3v) is 11.6. The molecule has 0 bridgehead atoms. The van der Waals surface area contributed by atoms with Crippen molar-refractivity contribution in [3.05, 3.63) is 90.1 Å². The van der Waals surface area contributed by atoms with E-state index in [1.165, 1.54) is 0 Å². The zero-order valence-electron chi connectivity index (χ0n) is 36.3. The number of hydrogen-bond donors (Lipinski definition) is 5. The topological polar surface area (TPSA) is 171 Å². The minimum atomic E-state index is -1.11. The lowest BCUT2D eigenvalue weighted by molar-refractivity contribution is -0.144. The summed E-state index contributed by atoms with van der Waals surface area (Å²) in [5.41, 5.74) is 4.23. The standard InChI is InChI=1S/C46H64N6O7/c1-43(2,3)58-41(56)49-37-25-32(45(37,7)8)39(54)48-35(24-29-16-12-11-13-17-29)36(53)28-52(27-30-19-21-31(22-20-30)34-18-14-15-23-47-34)51-40(55)33-26-38(46(33,9)10)50-42(57)59-44(4,5)6/h11-23,32-33,35-38,53H,24-28H2,1-10H3,(H,48,54)(H,49,56)(H,50,57)(H,51,55)/t32-,33-,35+,36+,37-,38-/m1/s1. The van der Waals surface area contributed by atoms with Crippen LogP contribution in [0.15, 0.2) is 79.0 Å². The number of pyridine rings is 1. The fourth-order valence-electron chi connectivity index (χ4n) is 7.84. The van der Waals surface area contributed by atoms with Crippen LogP contribution in [0.3, 0.4) is 0 Å². The van der Waals surface area contributed by atoms with Crippen LogP contribution in [0.2, 0.25) is 0 Å². The minimum Gasteiger partial charge on any atom is -0.444 e. The maximum atomic E-state index is 14.1. The fourth-order valence-corrected chi connectivity index (χ4v) is 7.84. The molecule has 0 aliphatic heterocycles. The lowest BCUT2D eigenvalue weighted by Gasteiger charge is -2.51. The molecule has 0 radical (unpaired) electrons. The molecule has 2 saturated carbocycles. The van der Waals surface area contributed by atoms with Crippen LogP contribution in [0.25, 0.3) is 11.3 Å². The number of aliphatic hydroxyl groups excluding tert-OH is 1. The van der Waals surface area contributed by atoms with Crippen molar-refractivity contribution in [2.75, 3.05) is 6.54 Å². The monoisotopic (exact) mass is 812 g/mol. The van der Waals surface area contributed by atoms with E-state index in [4.69, 9.17) is 9.47 Å². The fraction of sp³-hybridized carbons (Fsp3) is 0.543. The molecule has 2 aliphatic carbocycles. The molecule has 13 heteroatoms. The Morgan fingerprint density at radius 3 is 1.76 bits per heavy atom. The first-order chi connectivity index (χ1) is 27.5. The molecule has 4 amide bonds. The molecule has 13 nitrogen and oxygen atoms in total. The van der Waals surface area contributed by atoms with Crippen molar-refractivity contribution in [2.24, 2.45) is 22.7 Å². The molecular formula is C46H64N6O7. The number of benzene rings is 2. The second-order valence-corrected chi connectivity index (χ2v) is 19.3. The van der Waals surface area contributed by atoms with E-state index < -0.39 is 58.2 Å². The molecule has 2 aromatic carbocycles. The second-order valence-electron chi connectivity index (χ2n) is 19.3. The first kappa shape index (κ1) is 45.1. The van der Waals surface area contributed by atoms with Crippen LogP contribution in [0.5, 0.6) is 0 Å². The van der Waals surface area contributed by atoms with Crippen LogP contribution in [-0.2, 0) is 32.0 Å². The maximum Gasteiger partial charge on any atom is 0.407 e. The zero-order chi connectivity index (χ0) is 43.3. The summed E-state index contributed by atoms with van der Waals surface area (Å²) in [6, 6.07) is 22.0. The predicted octanol–water partition coefficient (Wildman–Crippen LogP) is 6.55. The lowest BCUT2D eigenvalue weighted by atomic mass is 9.58. The Morgan fingerprint density at radius 1 is 0.746 bits per heavy atom. The van der Waals surface area contributed by atoms with Gasteiger partial charge in [0.05, 0.1) is 17.8 Å². The van der Waals surface area contributed by atoms with Gasteiger partial charge in [0.1, 0.15) is 11.2 Å². The number of carbonyl (C=O) groups is 4. The smallest absolute Gasteiger partial charge is 0.407 e. The first-order valence-corrected chi connectivity index (χ1v) is 20.6. The molecule has 5 rings (SSSR count). The molecule has 5 N–H and O–H groups in total. The van der Waals surface area contributed by atoms with E-state index >= 15 is 0 Å². The lowest BCUT2D eigenvalue weighted by Crippen LogP contribution is -2.65. The molecule has 1 heterocycles. The Kier molecular flexibility index (Phi) is 13.8. The van der Waals surface area contributed by atoms with Gasteiger partial charge >= 0.3 is 12.2 Å². The van der Waals surface area contributed by atoms with E-state index in [0.29, 0.717) is 19.3 Å². The number of nitrogens with zero attached hydrogens (tertiary/aromatic N) is 2. The summed E-state index contributed by atoms with van der Waals surface area (Å²) in [5.74, 6) is -1.32. The van der Waals surface area contributed by atoms with E-state index in [-0.39, 0.29) is 37.0 Å². The van der Waals surface area contributed by atoms with Crippen molar-refractivity contribution in [2.45, 2.75) is 130 Å². The highest BCUT2D eigenvalue weighted by Gasteiger charge is 2.54. The minimum absolute atomic E-state index is 0.00483. The van der Waals surface area contributed by atoms with E-state index in [1.807, 2.05) is 100 Å². The molecule has 320 valence electrons. The van der Waals surface area contributed by atoms with Crippen LogP contribution >= 0.6 is 0 Å². The SMILES string of the molecule is CC(C)(C)OC(=O)N[C@@H]1C[C@H](C(=O)N[C@@H](Cc2ccccc2)[C@@H](O)CN(Cc2ccc(-c3ccccn3)cc2)NC(=O)[C@H]2C[C@@H](NC(=O)OC(C)(C)C)C2(C)C)C1(C)C. The highest BCUT2D eigenvalue weighted by Crippen LogP contribution is 2.47. The molecule has 0 unspecified atom stereocenters. The molecule has 6 atom stereocenters. The Morgan fingerprint density at radius 2 is 1.27 bits per heavy atom. The summed E-state index contributed by atoms with van der Waals surface area (Å²) >= 11 is 0. The number of carbonyl (C=O) groups excluding carboxylic acids is 4. The van der Waals surface area contributed by atoms with E-state index in [2.05, 4.69) is 26.4 Å². The Labute approximate surface area is 349 Å². The molecule has 2 fully saturated rings. The number of rotatable bonds is 14. The van der Waals surface area contributed by atoms with Crippen molar-refractivity contribution in [1.82, 2.24) is 31.4 Å². The molecule has 0 saturated heterocycles. The van der Waals surface area contributed by atoms with Gasteiger partial charge in [0, 0.05) is 48.8 Å². The third kappa shape index (κ3) is 12.0. The van der Waals surface area contributed by atoms with Crippen LogP contribution in [0.4, 0.5) is 9.59 Å². The van der Waals surface area contributed by atoms with E-state index in [1.54, 1.807) is 52.7 Å². The van der Waals surface area contributed by atoms with Gasteiger partial charge in [-0.25, -0.2) is 14.6 Å². The highest BCUT2D eigenvalue weighted by molar-refractivity contribution is 5.82. The summed E-state index contributed by atoms with van der Waals surface area (Å²) in [6.45, 7) is 18.8. The summed E-state index contributed by atoms with van der Waals surface area (Å²) < 4.78 is 10.9. The summed E-state index contributed by atoms with van der Waals surface area (Å²) in [7, 11) is 0. The van der Waals surface area contributed by atoms with Crippen molar-refractivity contribution >= 4 is 24.0 Å². The van der Waals surface area contributed by atoms with Gasteiger partial charge < -0.3 is 30.5 Å². The van der Waals surface area contributed by atoms with Crippen LogP contribution in [0.1, 0.15) is 93.2 Å². The molecule has 3 aromatic rings. The van der Waals surface area contributed by atoms with Gasteiger partial charge in [-0.15, -0.1) is 0 Å². The number of alkyl carbamates (subject to hydrolysis) is 2. The Bertz CT molecular complexity index is 1910. The zero-order valence-corrected chi connectivity index (χ0v) is 36.3. The first-order valence-electron chi connectivity index (χ1n) is 20.6. The number of hydrogen-bond acceptors (Lipinski definition) is 9. The van der Waals surface area contributed by atoms with Crippen molar-refractivity contribution in [3.8, 4) is 11.3 Å². The number of amides is 4. The Hall–Kier alpha value is -5.01. The van der Waals surface area contributed by atoms with Gasteiger partial charge in [-0.05, 0) is 94.9 Å². The van der Waals surface area contributed by atoms with Crippen molar-refractivity contribution < 1.29 is 33.8 Å². The van der Waals surface area contributed by atoms with Gasteiger partial charge in [0.2, 0.25) is 11.8 Å². The average molecular weight is 813 g/mol. The van der Waals surface area contributed by atoms with Crippen molar-refractivity contribution in [1.29, 1.82) is 0 Å². The van der Waals surface area contributed by atoms with Gasteiger partial charge in [0.25, 0.3) is 0 Å². The van der Waals surface area contributed by atoms with Crippen LogP contribution < -0.4 is 21.4 Å². The molecule has 1 aromatic heterocycles. The van der Waals surface area contributed by atoms with E-state index in [0.717, 1.165) is 22.4 Å². The number of aliphatic hydroxyl groups is 1. The quantitative estimate of drug-likeness (QED) is 0.113. The Balaban J connectivity index is 1.33. The van der Waals surface area contributed by atoms with Crippen LogP contribution in [-0.4, -0.2) is 81.1 Å². The van der Waals surface area contributed by atoms with Gasteiger partial charge in [-0.1, -0.05) is 88.4 Å². The predicted molar refractivity (Wildman–Crippen MR) is 226 cm³/mol. The average Bonchev–Trinajstić information content (AvgIpc) is 3.14. The normalized spacial score (nSPS) is 21.8. The number of hydrazine groups is 1. The van der Waals surface area contributed by atoms with Gasteiger partial charge in [-0.2, -0.15) is 0 Å². The number of ether oxygens (including phenoxy) is 2. The van der Waals surface area contributed by atoms with Crippen LogP contribution in [0, 0.1) is 22.7 Å². The highest BCUT2D eigenvalue weighted by atomic mass is 16.6. The number of aromatic nitrogens is 1. The molecule has 2 aliphatic rings. The second kappa shape index (κ2) is 18.1. The third-order valence-electron chi connectivity index (χ3n) is 11.6. The molecule has 0 spiro atoms. The molecular weight excluding hydrogens is 749 g/mol. The number of nitrogens with one attached hydrogen (secondary N) is 4. The van der Waals surface area contributed by atoms with Gasteiger partial charge in [-0.3, -0.25) is 20.0 Å². The summed E-state index contributed by atoms with van der Waals surface area (Å²) in [4.78, 5) is 57.7. The summed E-state index contributed by atoms with van der Waals surface area (Å²) in [5, 5.41) is 22.7.